The molecule has 1 atom stereocenters. The number of carbonyl (C=O) groups excluding carboxylic acids is 1. The molecule has 2 aliphatic rings. The van der Waals surface area contributed by atoms with Crippen LogP contribution in [0.4, 0.5) is 0 Å². The van der Waals surface area contributed by atoms with E-state index in [2.05, 4.69) is 30.0 Å². The average molecular weight is 360 g/mol. The van der Waals surface area contributed by atoms with E-state index in [0.29, 0.717) is 13.0 Å². The van der Waals surface area contributed by atoms with E-state index in [-0.39, 0.29) is 11.3 Å². The van der Waals surface area contributed by atoms with Crippen molar-refractivity contribution < 1.29 is 14.6 Å². The summed E-state index contributed by atoms with van der Waals surface area (Å²) in [5.74, 6) is 1.14. The lowest BCUT2D eigenvalue weighted by Gasteiger charge is -2.47. The Morgan fingerprint density at radius 1 is 1.27 bits per heavy atom. The van der Waals surface area contributed by atoms with E-state index in [0.717, 1.165) is 51.2 Å². The second-order valence-electron chi connectivity index (χ2n) is 8.20. The van der Waals surface area contributed by atoms with Crippen LogP contribution in [0.5, 0.6) is 5.75 Å². The maximum Gasteiger partial charge on any atom is 0.222 e. The smallest absolute Gasteiger partial charge is 0.222 e. The molecule has 1 N–H and O–H groups in total. The second-order valence-corrected chi connectivity index (χ2v) is 8.20. The minimum Gasteiger partial charge on any atom is -0.496 e. The molecule has 26 heavy (non-hydrogen) atoms. The number of hydrogen-bond donors (Lipinski definition) is 1. The summed E-state index contributed by atoms with van der Waals surface area (Å²) in [6.45, 7) is 8.24. The third kappa shape index (κ3) is 4.38. The van der Waals surface area contributed by atoms with Crippen molar-refractivity contribution in [2.24, 2.45) is 5.41 Å². The van der Waals surface area contributed by atoms with Gasteiger partial charge in [-0.15, -0.1) is 0 Å². The van der Waals surface area contributed by atoms with Gasteiger partial charge in [-0.25, -0.2) is 0 Å². The summed E-state index contributed by atoms with van der Waals surface area (Å²) in [5.41, 5.74) is 2.75. The van der Waals surface area contributed by atoms with Crippen molar-refractivity contribution in [3.8, 4) is 5.75 Å². The summed E-state index contributed by atoms with van der Waals surface area (Å²) in [7, 11) is 1.71. The Balaban J connectivity index is 1.57. The van der Waals surface area contributed by atoms with Crippen LogP contribution in [-0.2, 0) is 11.3 Å². The predicted octanol–water partition coefficient (Wildman–Crippen LogP) is 2.59. The number of β-amino-alcohol motifs (C(OH)–C–C–N with tert-alkyl or cyclic N) is 1. The molecule has 2 heterocycles. The zero-order valence-electron chi connectivity index (χ0n) is 16.3. The van der Waals surface area contributed by atoms with Crippen molar-refractivity contribution in [1.29, 1.82) is 0 Å². The molecule has 0 bridgehead atoms. The van der Waals surface area contributed by atoms with Gasteiger partial charge in [0.05, 0.1) is 13.2 Å². The van der Waals surface area contributed by atoms with Gasteiger partial charge in [-0.3, -0.25) is 9.69 Å². The number of rotatable bonds is 5. The van der Waals surface area contributed by atoms with Gasteiger partial charge in [0.1, 0.15) is 5.75 Å². The first-order valence-electron chi connectivity index (χ1n) is 9.72. The zero-order chi connectivity index (χ0) is 18.7. The van der Waals surface area contributed by atoms with E-state index >= 15 is 0 Å². The molecule has 5 heteroatoms. The van der Waals surface area contributed by atoms with Crippen molar-refractivity contribution in [2.45, 2.75) is 52.2 Å². The highest BCUT2D eigenvalue weighted by Gasteiger charge is 2.41. The van der Waals surface area contributed by atoms with E-state index in [1.54, 1.807) is 14.0 Å². The van der Waals surface area contributed by atoms with Crippen LogP contribution in [0, 0.1) is 12.3 Å². The lowest BCUT2D eigenvalue weighted by atomic mass is 9.72. The fraction of sp³-hybridized carbons (Fsp3) is 0.667. The Kier molecular flexibility index (Phi) is 5.88. The van der Waals surface area contributed by atoms with Crippen molar-refractivity contribution >= 4 is 5.91 Å². The predicted molar refractivity (Wildman–Crippen MR) is 102 cm³/mol. The Morgan fingerprint density at radius 2 is 2.00 bits per heavy atom. The number of nitrogens with zero attached hydrogens (tertiary/aromatic N) is 2. The summed E-state index contributed by atoms with van der Waals surface area (Å²) in [5, 5.41) is 9.66. The molecule has 2 aliphatic heterocycles. The molecule has 1 aromatic carbocycles. The number of aliphatic hydroxyl groups excluding tert-OH is 1. The quantitative estimate of drug-likeness (QED) is 0.877. The fourth-order valence-corrected chi connectivity index (χ4v) is 4.48. The molecule has 0 aliphatic carbocycles. The highest BCUT2D eigenvalue weighted by atomic mass is 16.5. The van der Waals surface area contributed by atoms with E-state index in [1.165, 1.54) is 11.1 Å². The fourth-order valence-electron chi connectivity index (χ4n) is 4.48. The summed E-state index contributed by atoms with van der Waals surface area (Å²) >= 11 is 0. The first-order valence-corrected chi connectivity index (χ1v) is 9.72. The van der Waals surface area contributed by atoms with Crippen LogP contribution >= 0.6 is 0 Å². The molecular weight excluding hydrogens is 328 g/mol. The molecule has 2 saturated heterocycles. The molecule has 3 rings (SSSR count). The molecule has 0 aromatic heterocycles. The first kappa shape index (κ1) is 19.2. The van der Waals surface area contributed by atoms with Gasteiger partial charge in [-0.1, -0.05) is 12.1 Å². The van der Waals surface area contributed by atoms with Crippen LogP contribution in [0.1, 0.15) is 43.7 Å². The molecule has 5 nitrogen and oxygen atoms in total. The Morgan fingerprint density at radius 3 is 2.62 bits per heavy atom. The largest absolute Gasteiger partial charge is 0.496 e. The molecule has 144 valence electrons. The van der Waals surface area contributed by atoms with Gasteiger partial charge in [0.25, 0.3) is 0 Å². The number of aliphatic hydroxyl groups is 1. The first-order chi connectivity index (χ1) is 12.4. The summed E-state index contributed by atoms with van der Waals surface area (Å²) in [4.78, 5) is 16.5. The van der Waals surface area contributed by atoms with E-state index in [1.807, 2.05) is 4.90 Å². The number of carbonyl (C=O) groups is 1. The van der Waals surface area contributed by atoms with Crippen molar-refractivity contribution in [1.82, 2.24) is 9.80 Å². The highest BCUT2D eigenvalue weighted by molar-refractivity contribution is 5.77. The lowest BCUT2D eigenvalue weighted by molar-refractivity contribution is -0.140. The number of likely N-dealkylation sites (tertiary alicyclic amines) is 2. The molecule has 0 unspecified atom stereocenters. The van der Waals surface area contributed by atoms with Crippen LogP contribution in [0.3, 0.4) is 0 Å². The maximum atomic E-state index is 12.1. The van der Waals surface area contributed by atoms with Crippen LogP contribution in [0.15, 0.2) is 18.2 Å². The van der Waals surface area contributed by atoms with Crippen LogP contribution in [0.2, 0.25) is 0 Å². The standard InChI is InChI=1S/C21H32N2O3/c1-16-12-18(4-5-19(16)26-3)14-22-10-8-21(9-11-22)7-6-20(25)23(15-21)13-17(2)24/h4-5,12,17,24H,6-11,13-15H2,1-3H3/t17-/m0/s1. The summed E-state index contributed by atoms with van der Waals surface area (Å²) in [6, 6.07) is 6.42. The number of hydrogen-bond acceptors (Lipinski definition) is 4. The van der Waals surface area contributed by atoms with E-state index < -0.39 is 6.10 Å². The Bertz CT molecular complexity index is 636. The molecule has 1 spiro atoms. The van der Waals surface area contributed by atoms with E-state index in [9.17, 15) is 9.90 Å². The topological polar surface area (TPSA) is 53.0 Å². The van der Waals surface area contributed by atoms with Crippen molar-refractivity contribution in [3.63, 3.8) is 0 Å². The van der Waals surface area contributed by atoms with Gasteiger partial charge in [0.2, 0.25) is 5.91 Å². The molecule has 2 fully saturated rings. The number of benzene rings is 1. The van der Waals surface area contributed by atoms with Crippen molar-refractivity contribution in [2.75, 3.05) is 33.3 Å². The highest BCUT2D eigenvalue weighted by Crippen LogP contribution is 2.40. The molecule has 1 aromatic rings. The number of methoxy groups -OCH3 is 1. The van der Waals surface area contributed by atoms with Gasteiger partial charge in [0, 0.05) is 26.1 Å². The average Bonchev–Trinajstić information content (AvgIpc) is 2.60. The minimum absolute atomic E-state index is 0.202. The maximum absolute atomic E-state index is 12.1. The molecule has 0 radical (unpaired) electrons. The van der Waals surface area contributed by atoms with Crippen molar-refractivity contribution in [3.05, 3.63) is 29.3 Å². The van der Waals surface area contributed by atoms with Crippen LogP contribution in [0.25, 0.3) is 0 Å². The Hall–Kier alpha value is -1.59. The summed E-state index contributed by atoms with van der Waals surface area (Å²) < 4.78 is 5.35. The number of amides is 1. The summed E-state index contributed by atoms with van der Waals surface area (Å²) in [6.07, 6.45) is 3.44. The Labute approximate surface area is 156 Å². The van der Waals surface area contributed by atoms with Crippen LogP contribution in [-0.4, -0.2) is 60.2 Å². The third-order valence-electron chi connectivity index (χ3n) is 6.01. The number of piperidine rings is 2. The molecule has 1 amide bonds. The van der Waals surface area contributed by atoms with Gasteiger partial charge >= 0.3 is 0 Å². The normalized spacial score (nSPS) is 21.8. The number of ether oxygens (including phenoxy) is 1. The molecular formula is C21H32N2O3. The second kappa shape index (κ2) is 7.97. The number of aryl methyl sites for hydroxylation is 1. The lowest BCUT2D eigenvalue weighted by Crippen LogP contribution is -2.52. The third-order valence-corrected chi connectivity index (χ3v) is 6.01. The van der Waals surface area contributed by atoms with Gasteiger partial charge in [-0.2, -0.15) is 0 Å². The van der Waals surface area contributed by atoms with Gasteiger partial charge in [0.15, 0.2) is 0 Å². The van der Waals surface area contributed by atoms with E-state index in [4.69, 9.17) is 4.74 Å². The monoisotopic (exact) mass is 360 g/mol. The minimum atomic E-state index is -0.451. The molecule has 0 saturated carbocycles. The van der Waals surface area contributed by atoms with Gasteiger partial charge in [-0.05, 0) is 68.8 Å². The zero-order valence-corrected chi connectivity index (χ0v) is 16.3. The van der Waals surface area contributed by atoms with Crippen LogP contribution < -0.4 is 4.74 Å². The SMILES string of the molecule is COc1ccc(CN2CCC3(CCC(=O)N(C[C@H](C)O)C3)CC2)cc1C. The van der Waals surface area contributed by atoms with Gasteiger partial charge < -0.3 is 14.7 Å².